The molecule has 0 aromatic heterocycles. The second-order valence-electron chi connectivity index (χ2n) is 7.38. The number of Topliss-reactive ketones (excluding diaryl/α,β-unsaturated/α-hetero) is 1. The van der Waals surface area contributed by atoms with Crippen LogP contribution in [0.3, 0.4) is 0 Å². The quantitative estimate of drug-likeness (QED) is 0.507. The Hall–Kier alpha value is -2.30. The van der Waals surface area contributed by atoms with Crippen molar-refractivity contribution in [2.75, 3.05) is 13.1 Å². The van der Waals surface area contributed by atoms with Gasteiger partial charge >= 0.3 is 0 Å². The van der Waals surface area contributed by atoms with E-state index >= 15 is 0 Å². The molecule has 0 saturated heterocycles. The average Bonchev–Trinajstić information content (AvgIpc) is 3.03. The molecule has 3 rings (SSSR count). The van der Waals surface area contributed by atoms with Crippen LogP contribution < -0.4 is 4.74 Å². The van der Waals surface area contributed by atoms with E-state index in [4.69, 9.17) is 16.3 Å². The molecule has 1 aliphatic heterocycles. The average molecular weight is 414 g/mol. The molecule has 0 aliphatic carbocycles. The number of hydrogen-bond acceptors (Lipinski definition) is 4. The number of carbonyl (C=O) groups is 1. The largest absolute Gasteiger partial charge is 0.507 e. The zero-order valence-corrected chi connectivity index (χ0v) is 17.8. The number of allylic oxidation sites excluding steroid dienone is 1. The maximum absolute atomic E-state index is 12.9. The van der Waals surface area contributed by atoms with Crippen molar-refractivity contribution < 1.29 is 14.6 Å². The van der Waals surface area contributed by atoms with Crippen LogP contribution in [0.4, 0.5) is 0 Å². The molecule has 154 valence electrons. The van der Waals surface area contributed by atoms with Gasteiger partial charge in [-0.05, 0) is 55.8 Å². The fourth-order valence-electron chi connectivity index (χ4n) is 3.44. The van der Waals surface area contributed by atoms with Gasteiger partial charge in [0.1, 0.15) is 11.5 Å². The minimum absolute atomic E-state index is 0.161. The molecule has 2 aromatic carbocycles. The Morgan fingerprint density at radius 1 is 1.07 bits per heavy atom. The lowest BCUT2D eigenvalue weighted by atomic mass is 10.0. The molecule has 0 fully saturated rings. The Kier molecular flexibility index (Phi) is 7.34. The number of unbranched alkanes of at least 4 members (excludes halogenated alkanes) is 2. The number of fused-ring (bicyclic) bond motifs is 1. The number of benzene rings is 2. The first-order valence-corrected chi connectivity index (χ1v) is 10.7. The third kappa shape index (κ3) is 5.01. The summed E-state index contributed by atoms with van der Waals surface area (Å²) in [6, 6.07) is 10.5. The van der Waals surface area contributed by atoms with Crippen LogP contribution in [-0.4, -0.2) is 28.9 Å². The minimum atomic E-state index is -0.185. The molecule has 2 aromatic rings. The summed E-state index contributed by atoms with van der Waals surface area (Å²) in [7, 11) is 0. The predicted octanol–water partition coefficient (Wildman–Crippen LogP) is 6.06. The molecule has 0 unspecified atom stereocenters. The lowest BCUT2D eigenvalue weighted by Gasteiger charge is -2.23. The Labute approximate surface area is 177 Å². The first kappa shape index (κ1) is 21.4. The monoisotopic (exact) mass is 413 g/mol. The molecule has 0 amide bonds. The van der Waals surface area contributed by atoms with Crippen molar-refractivity contribution in [2.45, 2.75) is 46.1 Å². The normalized spacial score (nSPS) is 14.5. The second kappa shape index (κ2) is 9.95. The summed E-state index contributed by atoms with van der Waals surface area (Å²) in [6.45, 7) is 6.81. The Morgan fingerprint density at radius 3 is 2.41 bits per heavy atom. The van der Waals surface area contributed by atoms with E-state index in [1.807, 2.05) is 18.2 Å². The summed E-state index contributed by atoms with van der Waals surface area (Å²) < 4.78 is 5.97. The molecule has 0 atom stereocenters. The summed E-state index contributed by atoms with van der Waals surface area (Å²) in [5.41, 5.74) is 1.89. The van der Waals surface area contributed by atoms with Crippen LogP contribution in [0.25, 0.3) is 6.08 Å². The number of nitrogens with zero attached hydrogens (tertiary/aromatic N) is 1. The van der Waals surface area contributed by atoms with Gasteiger partial charge in [-0.2, -0.15) is 0 Å². The first-order chi connectivity index (χ1) is 14.0. The molecule has 5 heteroatoms. The molecule has 29 heavy (non-hydrogen) atoms. The molecule has 1 N–H and O–H groups in total. The molecule has 0 saturated carbocycles. The number of halogens is 1. The van der Waals surface area contributed by atoms with Gasteiger partial charge in [-0.3, -0.25) is 9.69 Å². The highest BCUT2D eigenvalue weighted by atomic mass is 35.5. The number of phenolic OH excluding ortho intramolecular Hbond substituents is 1. The van der Waals surface area contributed by atoms with E-state index in [0.717, 1.165) is 44.3 Å². The van der Waals surface area contributed by atoms with Crippen LogP contribution >= 0.6 is 11.6 Å². The van der Waals surface area contributed by atoms with Crippen LogP contribution in [0.15, 0.2) is 42.2 Å². The summed E-state index contributed by atoms with van der Waals surface area (Å²) in [5.74, 6) is 0.670. The summed E-state index contributed by atoms with van der Waals surface area (Å²) in [4.78, 5) is 15.2. The van der Waals surface area contributed by atoms with Crippen molar-refractivity contribution in [2.24, 2.45) is 0 Å². The molecule has 1 aliphatic rings. The molecular weight excluding hydrogens is 386 g/mol. The topological polar surface area (TPSA) is 49.8 Å². The molecule has 1 heterocycles. The highest BCUT2D eigenvalue weighted by molar-refractivity contribution is 6.32. The third-order valence-corrected chi connectivity index (χ3v) is 5.49. The van der Waals surface area contributed by atoms with Crippen molar-refractivity contribution in [3.05, 3.63) is 63.9 Å². The summed E-state index contributed by atoms with van der Waals surface area (Å²) in [5, 5.41) is 11.1. The minimum Gasteiger partial charge on any atom is -0.507 e. The van der Waals surface area contributed by atoms with E-state index in [1.54, 1.807) is 24.3 Å². The summed E-state index contributed by atoms with van der Waals surface area (Å²) in [6.07, 6.45) is 6.08. The highest BCUT2D eigenvalue weighted by Gasteiger charge is 2.31. The number of phenols is 1. The lowest BCUT2D eigenvalue weighted by molar-refractivity contribution is 0.101. The molecule has 4 nitrogen and oxygen atoms in total. The van der Waals surface area contributed by atoms with Crippen molar-refractivity contribution in [3.8, 4) is 11.5 Å². The Bertz CT molecular complexity index is 899. The third-order valence-electron chi connectivity index (χ3n) is 5.15. The van der Waals surface area contributed by atoms with E-state index in [1.165, 1.54) is 0 Å². The number of rotatable bonds is 9. The standard InChI is InChI=1S/C24H28ClNO3/c1-3-5-13-26(14-6-4-2)16-19-21(27)12-11-18-23(28)22(29-24(18)19)15-17-9-7-8-10-20(17)25/h7-12,15,27H,3-6,13-14,16H2,1-2H3/b22-15+. The van der Waals surface area contributed by atoms with Gasteiger partial charge in [0.25, 0.3) is 0 Å². The second-order valence-corrected chi connectivity index (χ2v) is 7.79. The number of carbonyl (C=O) groups excluding carboxylic acids is 1. The molecular formula is C24H28ClNO3. The van der Waals surface area contributed by atoms with E-state index < -0.39 is 0 Å². The van der Waals surface area contributed by atoms with Crippen molar-refractivity contribution in [1.82, 2.24) is 4.90 Å². The maximum atomic E-state index is 12.9. The number of hydrogen-bond donors (Lipinski definition) is 1. The van der Waals surface area contributed by atoms with Crippen molar-refractivity contribution in [3.63, 3.8) is 0 Å². The van der Waals surface area contributed by atoms with Gasteiger partial charge in [0.15, 0.2) is 5.76 Å². The fourth-order valence-corrected chi connectivity index (χ4v) is 3.63. The van der Waals surface area contributed by atoms with Gasteiger partial charge in [-0.1, -0.05) is 56.5 Å². The molecule has 0 spiro atoms. The van der Waals surface area contributed by atoms with Gasteiger partial charge in [-0.25, -0.2) is 0 Å². The van der Waals surface area contributed by atoms with Gasteiger partial charge in [0.05, 0.1) is 11.1 Å². The Balaban J connectivity index is 1.90. The van der Waals surface area contributed by atoms with E-state index in [0.29, 0.717) is 28.4 Å². The van der Waals surface area contributed by atoms with Crippen LogP contribution in [0.2, 0.25) is 5.02 Å². The maximum Gasteiger partial charge on any atom is 0.231 e. The lowest BCUT2D eigenvalue weighted by Crippen LogP contribution is -2.25. The van der Waals surface area contributed by atoms with E-state index in [-0.39, 0.29) is 17.3 Å². The van der Waals surface area contributed by atoms with Crippen LogP contribution in [-0.2, 0) is 6.54 Å². The predicted molar refractivity (Wildman–Crippen MR) is 118 cm³/mol. The number of ether oxygens (including phenoxy) is 1. The molecule has 0 bridgehead atoms. The summed E-state index contributed by atoms with van der Waals surface area (Å²) >= 11 is 6.23. The van der Waals surface area contributed by atoms with Gasteiger partial charge in [0.2, 0.25) is 5.78 Å². The van der Waals surface area contributed by atoms with Crippen LogP contribution in [0.5, 0.6) is 11.5 Å². The van der Waals surface area contributed by atoms with Crippen molar-refractivity contribution in [1.29, 1.82) is 0 Å². The van der Waals surface area contributed by atoms with Gasteiger partial charge in [0, 0.05) is 11.6 Å². The SMILES string of the molecule is CCCCN(CCCC)Cc1c(O)ccc2c1O/C(=C/c1ccccc1Cl)C2=O. The first-order valence-electron chi connectivity index (χ1n) is 10.3. The van der Waals surface area contributed by atoms with Crippen molar-refractivity contribution >= 4 is 23.5 Å². The zero-order chi connectivity index (χ0) is 20.8. The Morgan fingerprint density at radius 2 is 1.76 bits per heavy atom. The zero-order valence-electron chi connectivity index (χ0n) is 17.1. The fraction of sp³-hybridized carbons (Fsp3) is 0.375. The van der Waals surface area contributed by atoms with Crippen LogP contribution in [0.1, 0.15) is 61.0 Å². The van der Waals surface area contributed by atoms with Gasteiger partial charge in [-0.15, -0.1) is 0 Å². The van der Waals surface area contributed by atoms with Gasteiger partial charge < -0.3 is 9.84 Å². The number of aromatic hydroxyl groups is 1. The number of ketones is 1. The highest BCUT2D eigenvalue weighted by Crippen LogP contribution is 2.40. The van der Waals surface area contributed by atoms with E-state index in [9.17, 15) is 9.90 Å². The van der Waals surface area contributed by atoms with E-state index in [2.05, 4.69) is 18.7 Å². The molecule has 0 radical (unpaired) electrons. The smallest absolute Gasteiger partial charge is 0.231 e. The van der Waals surface area contributed by atoms with Crippen LogP contribution in [0, 0.1) is 0 Å².